The number of esters is 3. The lowest BCUT2D eigenvalue weighted by Crippen LogP contribution is -2.30. The highest BCUT2D eigenvalue weighted by Crippen LogP contribution is 2.43. The van der Waals surface area contributed by atoms with Crippen LogP contribution in [-0.4, -0.2) is 66.5 Å². The van der Waals surface area contributed by atoms with E-state index in [1.165, 1.54) is 154 Å². The second-order valence-electron chi connectivity index (χ2n) is 20.2. The molecular formula is C60H111O11P. The number of allylic oxidation sites excluding steroid dienone is 6. The summed E-state index contributed by atoms with van der Waals surface area (Å²) >= 11 is 0. The van der Waals surface area contributed by atoms with Crippen molar-refractivity contribution >= 4 is 25.7 Å². The van der Waals surface area contributed by atoms with E-state index in [9.17, 15) is 28.9 Å². The monoisotopic (exact) mass is 1040 g/mol. The predicted molar refractivity (Wildman–Crippen MR) is 298 cm³/mol. The van der Waals surface area contributed by atoms with Crippen molar-refractivity contribution in [1.82, 2.24) is 0 Å². The van der Waals surface area contributed by atoms with Crippen molar-refractivity contribution in [3.63, 3.8) is 0 Å². The van der Waals surface area contributed by atoms with E-state index < -0.39 is 57.8 Å². The van der Waals surface area contributed by atoms with Gasteiger partial charge in [0, 0.05) is 19.3 Å². The average Bonchev–Trinajstić information content (AvgIpc) is 3.37. The molecule has 0 aromatic rings. The van der Waals surface area contributed by atoms with Gasteiger partial charge in [0.15, 0.2) is 6.10 Å². The third-order valence-corrected chi connectivity index (χ3v) is 14.0. The van der Waals surface area contributed by atoms with Gasteiger partial charge in [-0.25, -0.2) is 4.57 Å². The molecule has 422 valence electrons. The Hall–Kier alpha value is -2.30. The Bertz CT molecular complexity index is 1350. The smallest absolute Gasteiger partial charge is 0.462 e. The summed E-state index contributed by atoms with van der Waals surface area (Å²) in [5, 5.41) is 9.78. The van der Waals surface area contributed by atoms with Gasteiger partial charge in [0.1, 0.15) is 12.7 Å². The number of hydrogen-bond donors (Lipinski definition) is 2. The normalized spacial score (nSPS) is 13.6. The Morgan fingerprint density at radius 2 is 0.681 bits per heavy atom. The van der Waals surface area contributed by atoms with Crippen LogP contribution in [0.1, 0.15) is 290 Å². The molecule has 0 spiro atoms. The van der Waals surface area contributed by atoms with Crippen LogP contribution in [-0.2, 0) is 42.2 Å². The lowest BCUT2D eigenvalue weighted by atomic mass is 10.1. The van der Waals surface area contributed by atoms with Gasteiger partial charge in [-0.1, -0.05) is 231 Å². The summed E-state index contributed by atoms with van der Waals surface area (Å²) in [6.07, 6.45) is 56.8. The minimum absolute atomic E-state index is 0.165. The largest absolute Gasteiger partial charge is 0.472 e. The Morgan fingerprint density at radius 1 is 0.389 bits per heavy atom. The number of unbranched alkanes of at least 4 members (excludes halogenated alkanes) is 33. The summed E-state index contributed by atoms with van der Waals surface area (Å²) in [6, 6.07) is 0. The standard InChI is InChI=1S/C60H111O11P/c1-4-7-10-13-16-19-21-23-25-27-28-30-32-34-36-39-42-45-48-51-60(64)71-57(53-67-58(62)49-46-43-40-38-35-33-31-29-26-24-22-20-17-14-11-8-5-2)55-69-72(65,66)68-54-56(52-61)70-59(63)50-47-44-41-37-18-15-12-9-6-3/h16,19,23-26,56-57,61H,4-15,17-18,20-22,27-55H2,1-3H3,(H,65,66)/b19-16-,25-23-,26-24-. The van der Waals surface area contributed by atoms with Crippen molar-refractivity contribution in [2.45, 2.75) is 303 Å². The van der Waals surface area contributed by atoms with Gasteiger partial charge in [-0.05, 0) is 77.0 Å². The van der Waals surface area contributed by atoms with Gasteiger partial charge in [-0.3, -0.25) is 23.4 Å². The van der Waals surface area contributed by atoms with Crippen LogP contribution in [0.5, 0.6) is 0 Å². The lowest BCUT2D eigenvalue weighted by Gasteiger charge is -2.21. The van der Waals surface area contributed by atoms with Crippen molar-refractivity contribution < 1.29 is 52.2 Å². The molecule has 0 aliphatic heterocycles. The lowest BCUT2D eigenvalue weighted by molar-refractivity contribution is -0.161. The number of carbonyl (C=O) groups excluding carboxylic acids is 3. The number of phosphoric acid groups is 1. The maximum absolute atomic E-state index is 12.9. The van der Waals surface area contributed by atoms with Crippen LogP contribution in [0.3, 0.4) is 0 Å². The minimum Gasteiger partial charge on any atom is -0.462 e. The van der Waals surface area contributed by atoms with Crippen molar-refractivity contribution in [3.05, 3.63) is 36.5 Å². The van der Waals surface area contributed by atoms with Gasteiger partial charge in [-0.2, -0.15) is 0 Å². The Morgan fingerprint density at radius 3 is 1.07 bits per heavy atom. The first-order chi connectivity index (χ1) is 35.2. The zero-order valence-corrected chi connectivity index (χ0v) is 47.6. The summed E-state index contributed by atoms with van der Waals surface area (Å²) in [4.78, 5) is 48.5. The molecule has 0 saturated carbocycles. The molecule has 0 rings (SSSR count). The fourth-order valence-corrected chi connectivity index (χ4v) is 9.23. The van der Waals surface area contributed by atoms with Crippen LogP contribution in [0.25, 0.3) is 0 Å². The second kappa shape index (κ2) is 54.9. The number of aliphatic hydroxyl groups is 1. The average molecular weight is 1040 g/mol. The molecule has 0 fully saturated rings. The minimum atomic E-state index is -4.74. The summed E-state index contributed by atoms with van der Waals surface area (Å²) in [5.74, 6) is -1.46. The number of phosphoric ester groups is 1. The highest BCUT2D eigenvalue weighted by atomic mass is 31.2. The van der Waals surface area contributed by atoms with Crippen molar-refractivity contribution in [2.75, 3.05) is 26.4 Å². The highest BCUT2D eigenvalue weighted by molar-refractivity contribution is 7.47. The maximum atomic E-state index is 12.9. The second-order valence-corrected chi connectivity index (χ2v) is 21.6. The number of hydrogen-bond acceptors (Lipinski definition) is 10. The summed E-state index contributed by atoms with van der Waals surface area (Å²) in [5.41, 5.74) is 0. The van der Waals surface area contributed by atoms with Gasteiger partial charge >= 0.3 is 25.7 Å². The molecule has 0 heterocycles. The first-order valence-electron chi connectivity index (χ1n) is 29.9. The first kappa shape index (κ1) is 69.7. The quantitative estimate of drug-likeness (QED) is 0.0197. The van der Waals surface area contributed by atoms with E-state index in [1.54, 1.807) is 0 Å². The van der Waals surface area contributed by atoms with E-state index >= 15 is 0 Å². The molecule has 0 aliphatic carbocycles. The Kier molecular flexibility index (Phi) is 53.2. The van der Waals surface area contributed by atoms with E-state index in [2.05, 4.69) is 57.2 Å². The van der Waals surface area contributed by atoms with Crippen LogP contribution in [0.4, 0.5) is 0 Å². The van der Waals surface area contributed by atoms with Crippen molar-refractivity contribution in [1.29, 1.82) is 0 Å². The van der Waals surface area contributed by atoms with Crippen molar-refractivity contribution in [2.24, 2.45) is 0 Å². The van der Waals surface area contributed by atoms with Crippen LogP contribution in [0.15, 0.2) is 36.5 Å². The van der Waals surface area contributed by atoms with E-state index in [4.69, 9.17) is 23.3 Å². The Labute approximate surface area is 441 Å². The fourth-order valence-electron chi connectivity index (χ4n) is 8.44. The zero-order chi connectivity index (χ0) is 52.7. The third-order valence-electron chi connectivity index (χ3n) is 13.0. The Balaban J connectivity index is 4.68. The SMILES string of the molecule is CCCCC/C=C\C/C=C\CCCCCCCCCCCC(=O)OC(COC(=O)CCCCCCCCC/C=C\CCCCCCCC)COP(=O)(O)OCC(CO)OC(=O)CCCCCCCCCCC. The number of ether oxygens (including phenoxy) is 3. The molecule has 2 N–H and O–H groups in total. The van der Waals surface area contributed by atoms with Crippen LogP contribution in [0.2, 0.25) is 0 Å². The molecular weight excluding hydrogens is 928 g/mol. The van der Waals surface area contributed by atoms with Crippen LogP contribution < -0.4 is 0 Å². The molecule has 0 amide bonds. The molecule has 11 nitrogen and oxygen atoms in total. The predicted octanol–water partition coefficient (Wildman–Crippen LogP) is 17.6. The molecule has 72 heavy (non-hydrogen) atoms. The van der Waals surface area contributed by atoms with E-state index in [-0.39, 0.29) is 25.9 Å². The summed E-state index contributed by atoms with van der Waals surface area (Å²) in [7, 11) is -4.74. The zero-order valence-electron chi connectivity index (χ0n) is 46.7. The molecule has 3 atom stereocenters. The van der Waals surface area contributed by atoms with Gasteiger partial charge in [0.2, 0.25) is 0 Å². The third kappa shape index (κ3) is 52.6. The van der Waals surface area contributed by atoms with Crippen molar-refractivity contribution in [3.8, 4) is 0 Å². The van der Waals surface area contributed by atoms with Gasteiger partial charge in [0.05, 0.1) is 19.8 Å². The van der Waals surface area contributed by atoms with Crippen LogP contribution >= 0.6 is 7.82 Å². The van der Waals surface area contributed by atoms with E-state index in [0.29, 0.717) is 19.3 Å². The first-order valence-corrected chi connectivity index (χ1v) is 31.4. The molecule has 0 aliphatic rings. The topological polar surface area (TPSA) is 155 Å². The molecule has 0 radical (unpaired) electrons. The number of carbonyl (C=O) groups is 3. The molecule has 0 aromatic heterocycles. The molecule has 0 aromatic carbocycles. The highest BCUT2D eigenvalue weighted by Gasteiger charge is 2.28. The van der Waals surface area contributed by atoms with Crippen LogP contribution in [0, 0.1) is 0 Å². The molecule has 0 saturated heterocycles. The van der Waals surface area contributed by atoms with Gasteiger partial charge in [0.25, 0.3) is 0 Å². The molecule has 3 unspecified atom stereocenters. The fraction of sp³-hybridized carbons (Fsp3) is 0.850. The molecule has 12 heteroatoms. The molecule has 0 bridgehead atoms. The summed E-state index contributed by atoms with van der Waals surface area (Å²) < 4.78 is 39.5. The van der Waals surface area contributed by atoms with Gasteiger partial charge in [-0.15, -0.1) is 0 Å². The van der Waals surface area contributed by atoms with E-state index in [0.717, 1.165) is 77.0 Å². The summed E-state index contributed by atoms with van der Waals surface area (Å²) in [6.45, 7) is 4.62. The number of aliphatic hydroxyl groups excluding tert-OH is 1. The van der Waals surface area contributed by atoms with E-state index in [1.807, 2.05) is 0 Å². The van der Waals surface area contributed by atoms with Gasteiger partial charge < -0.3 is 24.2 Å². The number of rotatable bonds is 56. The maximum Gasteiger partial charge on any atom is 0.472 e.